The van der Waals surface area contributed by atoms with Gasteiger partial charge in [-0.25, -0.2) is 4.39 Å². The fraction of sp³-hybridized carbons (Fsp3) is 0.538. The summed E-state index contributed by atoms with van der Waals surface area (Å²) in [5.41, 5.74) is 1.99. The molecule has 0 saturated carbocycles. The van der Waals surface area contributed by atoms with Crippen LogP contribution in [-0.4, -0.2) is 24.1 Å². The van der Waals surface area contributed by atoms with Crippen molar-refractivity contribution < 1.29 is 4.39 Å². The number of thioether (sulfide) groups is 1. The molecule has 1 unspecified atom stereocenters. The molecule has 0 bridgehead atoms. The van der Waals surface area contributed by atoms with E-state index in [1.807, 2.05) is 17.8 Å². The van der Waals surface area contributed by atoms with Gasteiger partial charge >= 0.3 is 0 Å². The topological polar surface area (TPSA) is 3.24 Å². The fourth-order valence-corrected chi connectivity index (χ4v) is 3.55. The summed E-state index contributed by atoms with van der Waals surface area (Å²) in [5, 5.41) is 0.678. The standard InChI is InChI=1S/C13H17ClFNS/c1-2-12-9-16(5-6-17-12)13-4-3-11(15)7-10(13)8-14/h3-4,7,12H,2,5-6,8-9H2,1H3. The van der Waals surface area contributed by atoms with Crippen molar-refractivity contribution in [1.82, 2.24) is 0 Å². The lowest BCUT2D eigenvalue weighted by Crippen LogP contribution is -2.38. The van der Waals surface area contributed by atoms with E-state index in [4.69, 9.17) is 11.6 Å². The fourth-order valence-electron chi connectivity index (χ4n) is 2.15. The minimum absolute atomic E-state index is 0.206. The Kier molecular flexibility index (Phi) is 4.57. The first-order valence-corrected chi connectivity index (χ1v) is 7.54. The van der Waals surface area contributed by atoms with Crippen molar-refractivity contribution >= 4 is 29.1 Å². The highest BCUT2D eigenvalue weighted by atomic mass is 35.5. The van der Waals surface area contributed by atoms with Crippen molar-refractivity contribution in [3.63, 3.8) is 0 Å². The third kappa shape index (κ3) is 3.08. The minimum Gasteiger partial charge on any atom is -0.369 e. The van der Waals surface area contributed by atoms with Crippen molar-refractivity contribution in [1.29, 1.82) is 0 Å². The lowest BCUT2D eigenvalue weighted by atomic mass is 10.1. The lowest BCUT2D eigenvalue weighted by molar-refractivity contribution is 0.625. The number of rotatable bonds is 3. The van der Waals surface area contributed by atoms with Gasteiger partial charge in [0.25, 0.3) is 0 Å². The first kappa shape index (κ1) is 13.0. The van der Waals surface area contributed by atoms with E-state index in [9.17, 15) is 4.39 Å². The molecule has 2 rings (SSSR count). The molecule has 17 heavy (non-hydrogen) atoms. The summed E-state index contributed by atoms with van der Waals surface area (Å²) in [6.45, 7) is 4.28. The van der Waals surface area contributed by atoms with Crippen molar-refractivity contribution in [2.24, 2.45) is 0 Å². The molecule has 1 nitrogen and oxygen atoms in total. The number of anilines is 1. The largest absolute Gasteiger partial charge is 0.369 e. The maximum atomic E-state index is 13.2. The Morgan fingerprint density at radius 2 is 2.35 bits per heavy atom. The smallest absolute Gasteiger partial charge is 0.123 e. The van der Waals surface area contributed by atoms with Gasteiger partial charge in [0.05, 0.1) is 0 Å². The Hall–Kier alpha value is -0.410. The average Bonchev–Trinajstić information content (AvgIpc) is 2.38. The zero-order chi connectivity index (χ0) is 12.3. The van der Waals surface area contributed by atoms with Gasteiger partial charge < -0.3 is 4.90 Å². The van der Waals surface area contributed by atoms with E-state index in [1.165, 1.54) is 12.5 Å². The molecule has 0 spiro atoms. The van der Waals surface area contributed by atoms with E-state index < -0.39 is 0 Å². The van der Waals surface area contributed by atoms with Gasteiger partial charge in [-0.15, -0.1) is 11.6 Å². The normalized spacial score (nSPS) is 20.6. The first-order chi connectivity index (χ1) is 8.24. The molecule has 1 atom stereocenters. The second-order valence-electron chi connectivity index (χ2n) is 4.25. The highest BCUT2D eigenvalue weighted by Crippen LogP contribution is 2.29. The van der Waals surface area contributed by atoms with Crippen LogP contribution >= 0.6 is 23.4 Å². The van der Waals surface area contributed by atoms with E-state index in [1.54, 1.807) is 6.07 Å². The van der Waals surface area contributed by atoms with Crippen molar-refractivity contribution in [3.8, 4) is 0 Å². The minimum atomic E-state index is -0.206. The van der Waals surface area contributed by atoms with Crippen LogP contribution in [0.1, 0.15) is 18.9 Å². The van der Waals surface area contributed by atoms with Gasteiger partial charge in [0.15, 0.2) is 0 Å². The molecule has 1 saturated heterocycles. The molecule has 1 aromatic carbocycles. The molecule has 1 fully saturated rings. The van der Waals surface area contributed by atoms with E-state index >= 15 is 0 Å². The summed E-state index contributed by atoms with van der Waals surface area (Å²) in [4.78, 5) is 2.34. The van der Waals surface area contributed by atoms with Gasteiger partial charge in [0.1, 0.15) is 5.82 Å². The molecule has 4 heteroatoms. The third-order valence-corrected chi connectivity index (χ3v) is 4.78. The highest BCUT2D eigenvalue weighted by molar-refractivity contribution is 8.00. The Bertz CT molecular complexity index is 386. The van der Waals surface area contributed by atoms with Crippen molar-refractivity contribution in [2.75, 3.05) is 23.7 Å². The lowest BCUT2D eigenvalue weighted by Gasteiger charge is -2.34. The second-order valence-corrected chi connectivity index (χ2v) is 5.93. The predicted molar refractivity (Wildman–Crippen MR) is 74.7 cm³/mol. The SMILES string of the molecule is CCC1CN(c2ccc(F)cc2CCl)CCS1. The number of hydrogen-bond acceptors (Lipinski definition) is 2. The van der Waals surface area contributed by atoms with Crippen LogP contribution in [0.25, 0.3) is 0 Å². The summed E-state index contributed by atoms with van der Waals surface area (Å²) >= 11 is 7.92. The van der Waals surface area contributed by atoms with Crippen LogP contribution < -0.4 is 4.90 Å². The number of benzene rings is 1. The van der Waals surface area contributed by atoms with Crippen LogP contribution in [0, 0.1) is 5.82 Å². The molecule has 1 aromatic rings. The molecule has 1 aliphatic heterocycles. The second kappa shape index (κ2) is 5.96. The van der Waals surface area contributed by atoms with E-state index in [-0.39, 0.29) is 5.82 Å². The maximum absolute atomic E-state index is 13.2. The van der Waals surface area contributed by atoms with Gasteiger partial charge in [-0.05, 0) is 30.2 Å². The maximum Gasteiger partial charge on any atom is 0.123 e. The Labute approximate surface area is 111 Å². The number of halogens is 2. The monoisotopic (exact) mass is 273 g/mol. The predicted octanol–water partition coefficient (Wildman–Crippen LogP) is 3.90. The van der Waals surface area contributed by atoms with Gasteiger partial charge in [-0.2, -0.15) is 11.8 Å². The number of hydrogen-bond donors (Lipinski definition) is 0. The van der Waals surface area contributed by atoms with Gasteiger partial charge in [0.2, 0.25) is 0 Å². The van der Waals surface area contributed by atoms with Crippen LogP contribution in [-0.2, 0) is 5.88 Å². The van der Waals surface area contributed by atoms with Crippen LogP contribution in [0.15, 0.2) is 18.2 Å². The summed E-state index contributed by atoms with van der Waals surface area (Å²) < 4.78 is 13.2. The molecule has 1 aliphatic rings. The summed E-state index contributed by atoms with van der Waals surface area (Å²) in [7, 11) is 0. The van der Waals surface area contributed by atoms with E-state index in [2.05, 4.69) is 11.8 Å². The summed E-state index contributed by atoms with van der Waals surface area (Å²) in [5.74, 6) is 1.30. The van der Waals surface area contributed by atoms with Gasteiger partial charge in [-0.1, -0.05) is 6.92 Å². The average molecular weight is 274 g/mol. The van der Waals surface area contributed by atoms with Crippen LogP contribution in [0.3, 0.4) is 0 Å². The van der Waals surface area contributed by atoms with Crippen LogP contribution in [0.2, 0.25) is 0 Å². The van der Waals surface area contributed by atoms with Gasteiger partial charge in [-0.3, -0.25) is 0 Å². The Morgan fingerprint density at radius 1 is 1.53 bits per heavy atom. The van der Waals surface area contributed by atoms with E-state index in [0.717, 1.165) is 30.1 Å². The van der Waals surface area contributed by atoms with E-state index in [0.29, 0.717) is 11.1 Å². The van der Waals surface area contributed by atoms with Crippen molar-refractivity contribution in [3.05, 3.63) is 29.6 Å². The van der Waals surface area contributed by atoms with Crippen LogP contribution in [0.5, 0.6) is 0 Å². The molecule has 94 valence electrons. The summed E-state index contributed by atoms with van der Waals surface area (Å²) in [6, 6.07) is 4.93. The quantitative estimate of drug-likeness (QED) is 0.769. The zero-order valence-electron chi connectivity index (χ0n) is 9.96. The summed E-state index contributed by atoms with van der Waals surface area (Å²) in [6.07, 6.45) is 1.18. The Morgan fingerprint density at radius 3 is 3.06 bits per heavy atom. The Balaban J connectivity index is 2.20. The highest BCUT2D eigenvalue weighted by Gasteiger charge is 2.20. The van der Waals surface area contributed by atoms with Crippen LogP contribution in [0.4, 0.5) is 10.1 Å². The molecular formula is C13H17ClFNS. The molecular weight excluding hydrogens is 257 g/mol. The molecule has 0 amide bonds. The van der Waals surface area contributed by atoms with Crippen molar-refractivity contribution in [2.45, 2.75) is 24.5 Å². The number of alkyl halides is 1. The molecule has 0 aromatic heterocycles. The number of nitrogens with zero attached hydrogens (tertiary/aromatic N) is 1. The van der Waals surface area contributed by atoms with Gasteiger partial charge in [0, 0.05) is 35.7 Å². The molecule has 0 radical (unpaired) electrons. The third-order valence-electron chi connectivity index (χ3n) is 3.12. The zero-order valence-corrected chi connectivity index (χ0v) is 11.5. The molecule has 0 N–H and O–H groups in total. The molecule has 0 aliphatic carbocycles. The first-order valence-electron chi connectivity index (χ1n) is 5.95. The molecule has 1 heterocycles.